The first-order chi connectivity index (χ1) is 10.0. The van der Waals surface area contributed by atoms with Crippen LogP contribution in [0.5, 0.6) is 0 Å². The normalized spacial score (nSPS) is 29.1. The number of hydrogen-bond donors (Lipinski definition) is 3. The van der Waals surface area contributed by atoms with Crippen LogP contribution in [0.4, 0.5) is 0 Å². The highest BCUT2D eigenvalue weighted by Crippen LogP contribution is 2.27. The van der Waals surface area contributed by atoms with E-state index in [2.05, 4.69) is 0 Å². The van der Waals surface area contributed by atoms with E-state index in [1.807, 2.05) is 0 Å². The molecule has 1 aromatic heterocycles. The Hall–Kier alpha value is -2.07. The molecule has 0 amide bonds. The monoisotopic (exact) mass is 298 g/mol. The highest BCUT2D eigenvalue weighted by atomic mass is 16.6. The number of hydrogen-bond acceptors (Lipinski definition) is 7. The van der Waals surface area contributed by atoms with Crippen LogP contribution in [0.1, 0.15) is 6.23 Å². The lowest BCUT2D eigenvalue weighted by Gasteiger charge is -2.17. The average molecular weight is 298 g/mol. The summed E-state index contributed by atoms with van der Waals surface area (Å²) < 4.78 is 6.76. The number of aromatic nitrogens is 2. The van der Waals surface area contributed by atoms with E-state index in [-0.39, 0.29) is 0 Å². The molecule has 9 nitrogen and oxygen atoms in total. The zero-order chi connectivity index (χ0) is 15.6. The Morgan fingerprint density at radius 3 is 2.57 bits per heavy atom. The fourth-order valence-electron chi connectivity index (χ4n) is 2.07. The third-order valence-corrected chi connectivity index (χ3v) is 3.15. The molecule has 9 heteroatoms. The Morgan fingerprint density at radius 2 is 2.00 bits per heavy atom. The number of aliphatic hydroxyl groups excluding tert-OH is 3. The Bertz CT molecular complexity index is 662. The van der Waals surface area contributed by atoms with E-state index in [0.717, 1.165) is 29.1 Å². The SMILES string of the molecule is O=C/C=C/n1c(=O)ccn([C@@H]2O[C@H](CO)[C@@H](O)[C@H]2O)c1=O. The summed E-state index contributed by atoms with van der Waals surface area (Å²) >= 11 is 0. The molecule has 2 heterocycles. The molecule has 0 radical (unpaired) electrons. The van der Waals surface area contributed by atoms with E-state index in [9.17, 15) is 24.6 Å². The molecule has 21 heavy (non-hydrogen) atoms. The fourth-order valence-corrected chi connectivity index (χ4v) is 2.07. The summed E-state index contributed by atoms with van der Waals surface area (Å²) in [7, 11) is 0. The van der Waals surface area contributed by atoms with Crippen LogP contribution < -0.4 is 11.2 Å². The number of allylic oxidation sites excluding steroid dienone is 1. The predicted octanol–water partition coefficient (Wildman–Crippen LogP) is -2.71. The van der Waals surface area contributed by atoms with E-state index in [0.29, 0.717) is 10.9 Å². The van der Waals surface area contributed by atoms with Gasteiger partial charge in [0.25, 0.3) is 5.56 Å². The summed E-state index contributed by atoms with van der Waals surface area (Å²) in [4.78, 5) is 34.0. The Balaban J connectivity index is 2.46. The number of nitrogens with zero attached hydrogens (tertiary/aromatic N) is 2. The third-order valence-electron chi connectivity index (χ3n) is 3.15. The number of carbonyl (C=O) groups is 1. The van der Waals surface area contributed by atoms with Crippen molar-refractivity contribution < 1.29 is 24.9 Å². The van der Waals surface area contributed by atoms with Crippen molar-refractivity contribution in [3.05, 3.63) is 39.2 Å². The number of aliphatic hydroxyl groups is 3. The second-order valence-electron chi connectivity index (χ2n) is 4.42. The van der Waals surface area contributed by atoms with Gasteiger partial charge in [-0.15, -0.1) is 0 Å². The van der Waals surface area contributed by atoms with Crippen LogP contribution in [0, 0.1) is 0 Å². The molecule has 0 aliphatic carbocycles. The number of ether oxygens (including phenoxy) is 1. The third kappa shape index (κ3) is 2.72. The number of carbonyl (C=O) groups excluding carboxylic acids is 1. The number of aldehydes is 1. The quantitative estimate of drug-likeness (QED) is 0.407. The first-order valence-electron chi connectivity index (χ1n) is 6.09. The van der Waals surface area contributed by atoms with Crippen molar-refractivity contribution in [2.24, 2.45) is 0 Å². The molecular formula is C12H14N2O7. The smallest absolute Gasteiger partial charge is 0.337 e. The maximum absolute atomic E-state index is 12.2. The van der Waals surface area contributed by atoms with Crippen LogP contribution in [0.3, 0.4) is 0 Å². The van der Waals surface area contributed by atoms with Gasteiger partial charge in [-0.2, -0.15) is 0 Å². The first kappa shape index (κ1) is 15.3. The zero-order valence-corrected chi connectivity index (χ0v) is 10.8. The minimum atomic E-state index is -1.44. The van der Waals surface area contributed by atoms with Crippen molar-refractivity contribution in [2.45, 2.75) is 24.5 Å². The van der Waals surface area contributed by atoms with Crippen molar-refractivity contribution in [2.75, 3.05) is 6.61 Å². The van der Waals surface area contributed by atoms with Gasteiger partial charge in [0.05, 0.1) is 6.61 Å². The summed E-state index contributed by atoms with van der Waals surface area (Å²) in [5, 5.41) is 28.5. The molecule has 0 spiro atoms. The topological polar surface area (TPSA) is 131 Å². The van der Waals surface area contributed by atoms with Crippen molar-refractivity contribution in [3.63, 3.8) is 0 Å². The van der Waals surface area contributed by atoms with E-state index in [1.54, 1.807) is 0 Å². The Labute approximate surface area is 117 Å². The summed E-state index contributed by atoms with van der Waals surface area (Å²) in [6, 6.07) is 1.05. The van der Waals surface area contributed by atoms with Crippen molar-refractivity contribution >= 4 is 12.5 Å². The molecule has 4 atom stereocenters. The molecule has 1 aliphatic heterocycles. The van der Waals surface area contributed by atoms with Gasteiger partial charge in [0, 0.05) is 18.5 Å². The zero-order valence-electron chi connectivity index (χ0n) is 10.8. The fraction of sp³-hybridized carbons (Fsp3) is 0.417. The summed E-state index contributed by atoms with van der Waals surface area (Å²) in [5.41, 5.74) is -1.52. The average Bonchev–Trinajstić information content (AvgIpc) is 2.75. The van der Waals surface area contributed by atoms with Gasteiger partial charge < -0.3 is 20.1 Å². The number of rotatable bonds is 4. The van der Waals surface area contributed by atoms with Crippen LogP contribution in [-0.2, 0) is 9.53 Å². The van der Waals surface area contributed by atoms with Gasteiger partial charge in [-0.25, -0.2) is 9.36 Å². The predicted molar refractivity (Wildman–Crippen MR) is 69.4 cm³/mol. The van der Waals surface area contributed by atoms with E-state index in [4.69, 9.17) is 9.84 Å². The Morgan fingerprint density at radius 1 is 1.29 bits per heavy atom. The van der Waals surface area contributed by atoms with Crippen LogP contribution in [-0.4, -0.2) is 55.7 Å². The van der Waals surface area contributed by atoms with Gasteiger partial charge in [0.1, 0.15) is 24.6 Å². The summed E-state index contributed by atoms with van der Waals surface area (Å²) in [6.45, 7) is -0.534. The van der Waals surface area contributed by atoms with E-state index in [1.165, 1.54) is 0 Å². The van der Waals surface area contributed by atoms with E-state index < -0.39 is 42.4 Å². The molecule has 0 bridgehead atoms. The van der Waals surface area contributed by atoms with Gasteiger partial charge in [-0.05, 0) is 6.08 Å². The minimum Gasteiger partial charge on any atom is -0.394 e. The lowest BCUT2D eigenvalue weighted by molar-refractivity contribution is -0.104. The Kier molecular flexibility index (Phi) is 4.48. The van der Waals surface area contributed by atoms with Crippen molar-refractivity contribution in [3.8, 4) is 0 Å². The van der Waals surface area contributed by atoms with Gasteiger partial charge in [0.15, 0.2) is 6.23 Å². The van der Waals surface area contributed by atoms with Gasteiger partial charge in [-0.1, -0.05) is 0 Å². The molecule has 1 fully saturated rings. The molecule has 0 aromatic carbocycles. The summed E-state index contributed by atoms with van der Waals surface area (Å²) in [6.07, 6.45) is -1.64. The maximum Gasteiger partial charge on any atom is 0.337 e. The minimum absolute atomic E-state index is 0.398. The van der Waals surface area contributed by atoms with Crippen molar-refractivity contribution in [1.82, 2.24) is 9.13 Å². The van der Waals surface area contributed by atoms with Gasteiger partial charge >= 0.3 is 5.69 Å². The molecule has 1 aromatic rings. The molecule has 0 unspecified atom stereocenters. The van der Waals surface area contributed by atoms with Crippen LogP contribution >= 0.6 is 0 Å². The molecule has 0 saturated carbocycles. The maximum atomic E-state index is 12.2. The van der Waals surface area contributed by atoms with Gasteiger partial charge in [0.2, 0.25) is 0 Å². The molecule has 1 aliphatic rings. The molecule has 2 rings (SSSR count). The van der Waals surface area contributed by atoms with Crippen LogP contribution in [0.2, 0.25) is 0 Å². The highest BCUT2D eigenvalue weighted by molar-refractivity contribution is 5.69. The van der Waals surface area contributed by atoms with E-state index >= 15 is 0 Å². The first-order valence-corrected chi connectivity index (χ1v) is 6.09. The molecule has 114 valence electrons. The molecule has 3 N–H and O–H groups in total. The lowest BCUT2D eigenvalue weighted by Crippen LogP contribution is -2.41. The molecule has 1 saturated heterocycles. The highest BCUT2D eigenvalue weighted by Gasteiger charge is 2.43. The standard InChI is InChI=1S/C12H14N2O7/c15-5-1-3-13-8(17)2-4-14(12(13)20)11-10(19)9(18)7(6-16)21-11/h1-5,7,9-11,16,18-19H,6H2/b3-1+/t7-,9-,10-,11-/m1/s1. The van der Waals surface area contributed by atoms with Crippen LogP contribution in [0.15, 0.2) is 27.9 Å². The lowest BCUT2D eigenvalue weighted by atomic mass is 10.1. The van der Waals surface area contributed by atoms with Crippen molar-refractivity contribution in [1.29, 1.82) is 0 Å². The van der Waals surface area contributed by atoms with Gasteiger partial charge in [-0.3, -0.25) is 14.2 Å². The second kappa shape index (κ2) is 6.14. The van der Waals surface area contributed by atoms with Crippen LogP contribution in [0.25, 0.3) is 6.20 Å². The largest absolute Gasteiger partial charge is 0.394 e. The molecular weight excluding hydrogens is 284 g/mol. The second-order valence-corrected chi connectivity index (χ2v) is 4.42. The summed E-state index contributed by atoms with van der Waals surface area (Å²) in [5.74, 6) is 0.